The third-order valence-electron chi connectivity index (χ3n) is 5.91. The van der Waals surface area contributed by atoms with E-state index < -0.39 is 5.97 Å². The van der Waals surface area contributed by atoms with Crippen LogP contribution in [-0.4, -0.2) is 22.4 Å². The van der Waals surface area contributed by atoms with E-state index in [0.717, 1.165) is 53.4 Å². The van der Waals surface area contributed by atoms with Gasteiger partial charge in [-0.3, -0.25) is 14.7 Å². The lowest BCUT2D eigenvalue weighted by atomic mass is 10.1. The molecule has 5 rings (SSSR count). The second-order valence-electron chi connectivity index (χ2n) is 8.40. The van der Waals surface area contributed by atoms with Crippen LogP contribution in [0.25, 0.3) is 22.6 Å². The summed E-state index contributed by atoms with van der Waals surface area (Å²) in [6.07, 6.45) is 2.05. The molecule has 1 aromatic heterocycles. The summed E-state index contributed by atoms with van der Waals surface area (Å²) >= 11 is 0. The Balaban J connectivity index is 1.43. The molecule has 0 bridgehead atoms. The summed E-state index contributed by atoms with van der Waals surface area (Å²) in [4.78, 5) is 28.2. The van der Waals surface area contributed by atoms with Crippen LogP contribution in [0.1, 0.15) is 37.3 Å². The molecule has 1 aliphatic rings. The number of likely N-dealkylation sites (tertiary alicyclic amines) is 1. The van der Waals surface area contributed by atoms with Crippen LogP contribution < -0.4 is 4.89 Å². The van der Waals surface area contributed by atoms with Gasteiger partial charge in [-0.1, -0.05) is 72.8 Å². The van der Waals surface area contributed by atoms with Gasteiger partial charge in [-0.25, -0.2) is 9.78 Å². The number of carbonyl (C=O) groups excluding carboxylic acids is 1. The minimum absolute atomic E-state index is 0.0815. The average molecular weight is 455 g/mol. The maximum absolute atomic E-state index is 11.0. The topological polar surface area (TPSA) is 64.8 Å². The molecule has 3 aromatic carbocycles. The quantitative estimate of drug-likeness (QED) is 0.245. The summed E-state index contributed by atoms with van der Waals surface area (Å²) in [7, 11) is 0. The second kappa shape index (κ2) is 9.93. The fourth-order valence-electron chi connectivity index (χ4n) is 4.39. The van der Waals surface area contributed by atoms with Gasteiger partial charge in [0.1, 0.15) is 5.69 Å². The average Bonchev–Trinajstić information content (AvgIpc) is 3.51. The Bertz CT molecular complexity index is 1200. The second-order valence-corrected chi connectivity index (χ2v) is 8.40. The number of aromatic nitrogens is 1. The number of rotatable bonds is 7. The van der Waals surface area contributed by atoms with Crippen LogP contribution in [0.15, 0.2) is 89.3 Å². The van der Waals surface area contributed by atoms with E-state index in [0.29, 0.717) is 12.3 Å². The van der Waals surface area contributed by atoms with Crippen LogP contribution in [0.3, 0.4) is 0 Å². The molecule has 1 atom stereocenters. The molecule has 0 radical (unpaired) electrons. The maximum Gasteiger partial charge on any atom is 0.352 e. The Labute approximate surface area is 198 Å². The summed E-state index contributed by atoms with van der Waals surface area (Å²) < 4.78 is 6.46. The summed E-state index contributed by atoms with van der Waals surface area (Å²) in [5.74, 6) is 1.54. The van der Waals surface area contributed by atoms with E-state index in [-0.39, 0.29) is 6.04 Å². The van der Waals surface area contributed by atoms with Gasteiger partial charge in [0.05, 0.1) is 6.04 Å². The molecule has 1 fully saturated rings. The van der Waals surface area contributed by atoms with Crippen LogP contribution in [-0.2, 0) is 16.2 Å². The molecule has 0 aliphatic carbocycles. The molecule has 0 spiro atoms. The highest BCUT2D eigenvalue weighted by molar-refractivity contribution is 5.76. The van der Waals surface area contributed by atoms with Crippen LogP contribution >= 0.6 is 0 Å². The number of carbonyl (C=O) groups is 1. The molecule has 2 heterocycles. The third kappa shape index (κ3) is 4.87. The zero-order valence-corrected chi connectivity index (χ0v) is 19.0. The first-order valence-corrected chi connectivity index (χ1v) is 11.5. The van der Waals surface area contributed by atoms with Crippen LogP contribution in [0, 0.1) is 0 Å². The summed E-state index contributed by atoms with van der Waals surface area (Å²) in [6.45, 7) is 2.97. The highest BCUT2D eigenvalue weighted by Gasteiger charge is 2.31. The zero-order valence-electron chi connectivity index (χ0n) is 19.0. The largest absolute Gasteiger partial charge is 0.438 e. The van der Waals surface area contributed by atoms with E-state index in [1.54, 1.807) is 6.07 Å². The predicted octanol–water partition coefficient (Wildman–Crippen LogP) is 6.20. The van der Waals surface area contributed by atoms with Crippen LogP contribution in [0.2, 0.25) is 0 Å². The predicted molar refractivity (Wildman–Crippen MR) is 129 cm³/mol. The standard InChI is InChI=1S/C28H26N2O4/c1-20(31)33-34-24-15-8-10-21(18-24)19-30-17-9-16-25(30)28-29-26(22-11-4-2-5-12-22)27(32-28)23-13-6-3-7-14-23/h2-8,10-15,18,25H,9,16-17,19H2,1H3/t25-/m0/s1. The third-order valence-corrected chi connectivity index (χ3v) is 5.91. The number of hydrogen-bond acceptors (Lipinski definition) is 6. The SMILES string of the molecule is CC(=O)OOc1cccc(CN2CCC[C@H]2c2nc(-c3ccccc3)c(-c3ccccc3)o2)c1. The van der Waals surface area contributed by atoms with E-state index in [2.05, 4.69) is 34.1 Å². The van der Waals surface area contributed by atoms with Crippen molar-refractivity contribution < 1.29 is 19.0 Å². The van der Waals surface area contributed by atoms with Crippen LogP contribution in [0.4, 0.5) is 0 Å². The van der Waals surface area contributed by atoms with E-state index in [4.69, 9.17) is 14.3 Å². The lowest BCUT2D eigenvalue weighted by Crippen LogP contribution is -2.23. The van der Waals surface area contributed by atoms with Gasteiger partial charge in [-0.2, -0.15) is 0 Å². The fourth-order valence-corrected chi connectivity index (χ4v) is 4.39. The fraction of sp³-hybridized carbons (Fsp3) is 0.214. The lowest BCUT2D eigenvalue weighted by molar-refractivity contribution is -0.210. The smallest absolute Gasteiger partial charge is 0.352 e. The van der Waals surface area contributed by atoms with Crippen molar-refractivity contribution in [2.24, 2.45) is 0 Å². The van der Waals surface area contributed by atoms with Crippen molar-refractivity contribution in [1.82, 2.24) is 9.88 Å². The number of oxazole rings is 1. The van der Waals surface area contributed by atoms with Gasteiger partial charge in [0.25, 0.3) is 0 Å². The van der Waals surface area contributed by atoms with Crippen molar-refractivity contribution in [3.05, 3.63) is 96.4 Å². The van der Waals surface area contributed by atoms with Gasteiger partial charge in [0, 0.05) is 24.6 Å². The number of nitrogens with zero attached hydrogens (tertiary/aromatic N) is 2. The monoisotopic (exact) mass is 454 g/mol. The first-order valence-electron chi connectivity index (χ1n) is 11.5. The molecule has 1 saturated heterocycles. The molecule has 34 heavy (non-hydrogen) atoms. The highest BCUT2D eigenvalue weighted by Crippen LogP contribution is 2.39. The van der Waals surface area contributed by atoms with Crippen molar-refractivity contribution in [2.45, 2.75) is 32.4 Å². The molecule has 0 amide bonds. The van der Waals surface area contributed by atoms with Crippen molar-refractivity contribution >= 4 is 5.97 Å². The first-order chi connectivity index (χ1) is 16.7. The molecule has 1 aliphatic heterocycles. The van der Waals surface area contributed by atoms with Crippen molar-refractivity contribution in [2.75, 3.05) is 6.54 Å². The summed E-state index contributed by atoms with van der Waals surface area (Å²) in [5.41, 5.74) is 3.98. The van der Waals surface area contributed by atoms with E-state index in [1.165, 1.54) is 6.92 Å². The molecule has 0 N–H and O–H groups in total. The summed E-state index contributed by atoms with van der Waals surface area (Å²) in [6, 6.07) is 28.0. The molecule has 6 heteroatoms. The Kier molecular flexibility index (Phi) is 6.40. The first kappa shape index (κ1) is 21.9. The number of hydrogen-bond donors (Lipinski definition) is 0. The van der Waals surface area contributed by atoms with E-state index >= 15 is 0 Å². The zero-order chi connectivity index (χ0) is 23.3. The summed E-state index contributed by atoms with van der Waals surface area (Å²) in [5, 5.41) is 0. The molecule has 4 aromatic rings. The van der Waals surface area contributed by atoms with Crippen molar-refractivity contribution in [3.63, 3.8) is 0 Å². The molecule has 0 unspecified atom stereocenters. The molecule has 6 nitrogen and oxygen atoms in total. The van der Waals surface area contributed by atoms with Gasteiger partial charge in [0.2, 0.25) is 5.89 Å². The van der Waals surface area contributed by atoms with Crippen molar-refractivity contribution in [3.8, 4) is 28.3 Å². The Morgan fingerprint density at radius 3 is 2.47 bits per heavy atom. The van der Waals surface area contributed by atoms with Gasteiger partial charge in [-0.15, -0.1) is 0 Å². The van der Waals surface area contributed by atoms with Gasteiger partial charge in [-0.05, 0) is 37.1 Å². The minimum Gasteiger partial charge on any atom is -0.438 e. The van der Waals surface area contributed by atoms with Gasteiger partial charge in [0.15, 0.2) is 11.5 Å². The van der Waals surface area contributed by atoms with E-state index in [9.17, 15) is 4.79 Å². The minimum atomic E-state index is -0.489. The molecular formula is C28H26N2O4. The maximum atomic E-state index is 11.0. The van der Waals surface area contributed by atoms with Crippen LogP contribution in [0.5, 0.6) is 5.75 Å². The van der Waals surface area contributed by atoms with Gasteiger partial charge >= 0.3 is 5.97 Å². The Hall–Kier alpha value is -3.90. The molecular weight excluding hydrogens is 428 g/mol. The Morgan fingerprint density at radius 2 is 1.74 bits per heavy atom. The normalized spacial score (nSPS) is 15.9. The lowest BCUT2D eigenvalue weighted by Gasteiger charge is -2.22. The Morgan fingerprint density at radius 1 is 1.00 bits per heavy atom. The van der Waals surface area contributed by atoms with Gasteiger partial charge < -0.3 is 4.42 Å². The van der Waals surface area contributed by atoms with Crippen molar-refractivity contribution in [1.29, 1.82) is 0 Å². The highest BCUT2D eigenvalue weighted by atomic mass is 17.2. The number of benzene rings is 3. The van der Waals surface area contributed by atoms with E-state index in [1.807, 2.05) is 54.6 Å². The molecule has 0 saturated carbocycles. The molecule has 172 valence electrons.